The van der Waals surface area contributed by atoms with Crippen LogP contribution < -0.4 is 0 Å². The van der Waals surface area contributed by atoms with Gasteiger partial charge in [0.2, 0.25) is 0 Å². The quantitative estimate of drug-likeness (QED) is 0.579. The van der Waals surface area contributed by atoms with Gasteiger partial charge < -0.3 is 5.11 Å². The van der Waals surface area contributed by atoms with Gasteiger partial charge in [-0.2, -0.15) is 5.10 Å². The van der Waals surface area contributed by atoms with Gasteiger partial charge >= 0.3 is 0 Å². The molecular weight excluding hydrogens is 292 g/mol. The highest BCUT2D eigenvalue weighted by Crippen LogP contribution is 2.37. The molecule has 0 bridgehead atoms. The Balaban J connectivity index is 2.07. The van der Waals surface area contributed by atoms with E-state index in [2.05, 4.69) is 25.1 Å². The van der Waals surface area contributed by atoms with Gasteiger partial charge in [-0.1, -0.05) is 42.5 Å². The van der Waals surface area contributed by atoms with Crippen molar-refractivity contribution >= 4 is 21.6 Å². The predicted molar refractivity (Wildman–Crippen MR) is 90.8 cm³/mol. The van der Waals surface area contributed by atoms with Crippen LogP contribution in [0.5, 0.6) is 5.75 Å². The Labute approximate surface area is 132 Å². The van der Waals surface area contributed by atoms with E-state index in [1.54, 1.807) is 17.4 Å². The number of hydrogen-bond donors (Lipinski definition) is 1. The molecule has 108 valence electrons. The van der Waals surface area contributed by atoms with E-state index in [9.17, 15) is 5.11 Å². The van der Waals surface area contributed by atoms with E-state index in [0.29, 0.717) is 5.69 Å². The van der Waals surface area contributed by atoms with Crippen LogP contribution in [0.15, 0.2) is 60.7 Å². The van der Waals surface area contributed by atoms with Crippen LogP contribution in [-0.2, 0) is 0 Å². The average molecular weight is 306 g/mol. The van der Waals surface area contributed by atoms with Gasteiger partial charge in [0, 0.05) is 15.8 Å². The maximum atomic E-state index is 10.2. The van der Waals surface area contributed by atoms with Crippen molar-refractivity contribution in [2.45, 2.75) is 6.92 Å². The second-order valence-electron chi connectivity index (χ2n) is 5.19. The van der Waals surface area contributed by atoms with Gasteiger partial charge in [-0.05, 0) is 25.1 Å². The molecule has 0 radical (unpaired) electrons. The van der Waals surface area contributed by atoms with Crippen LogP contribution in [0.2, 0.25) is 0 Å². The molecule has 1 N–H and O–H groups in total. The van der Waals surface area contributed by atoms with Gasteiger partial charge in [0.25, 0.3) is 0 Å². The molecule has 2 aromatic heterocycles. The van der Waals surface area contributed by atoms with Crippen molar-refractivity contribution in [3.63, 3.8) is 0 Å². The van der Waals surface area contributed by atoms with Crippen molar-refractivity contribution in [3.8, 4) is 22.7 Å². The number of phenols is 1. The molecular formula is C18H14N2OS. The van der Waals surface area contributed by atoms with Crippen molar-refractivity contribution in [2.75, 3.05) is 0 Å². The molecule has 0 aliphatic rings. The zero-order valence-electron chi connectivity index (χ0n) is 12.0. The lowest BCUT2D eigenvalue weighted by Crippen LogP contribution is -1.99. The summed E-state index contributed by atoms with van der Waals surface area (Å²) in [7, 11) is 0. The molecule has 4 aromatic rings. The van der Waals surface area contributed by atoms with Gasteiger partial charge in [0.15, 0.2) is 0 Å². The lowest BCUT2D eigenvalue weighted by atomic mass is 10.1. The Morgan fingerprint density at radius 3 is 2.50 bits per heavy atom. The van der Waals surface area contributed by atoms with Crippen molar-refractivity contribution in [1.29, 1.82) is 0 Å². The number of thiophene rings is 1. The van der Waals surface area contributed by atoms with Crippen molar-refractivity contribution in [2.24, 2.45) is 0 Å². The first kappa shape index (κ1) is 13.1. The molecule has 0 aliphatic carbocycles. The van der Waals surface area contributed by atoms with Gasteiger partial charge in [0.1, 0.15) is 16.3 Å². The van der Waals surface area contributed by atoms with Gasteiger partial charge in [-0.15, -0.1) is 11.3 Å². The molecule has 22 heavy (non-hydrogen) atoms. The molecule has 0 atom stereocenters. The second kappa shape index (κ2) is 5.00. The summed E-state index contributed by atoms with van der Waals surface area (Å²) in [5, 5.41) is 16.0. The summed E-state index contributed by atoms with van der Waals surface area (Å²) in [6.45, 7) is 2.09. The maximum absolute atomic E-state index is 10.2. The number of aryl methyl sites for hydroxylation is 1. The Morgan fingerprint density at radius 2 is 1.73 bits per heavy atom. The average Bonchev–Trinajstić information content (AvgIpc) is 3.04. The van der Waals surface area contributed by atoms with E-state index >= 15 is 0 Å². The monoisotopic (exact) mass is 306 g/mol. The number of hydrogen-bond acceptors (Lipinski definition) is 3. The first-order valence-corrected chi connectivity index (χ1v) is 7.88. The molecule has 4 heteroatoms. The lowest BCUT2D eigenvalue weighted by molar-refractivity contribution is 0.471. The lowest BCUT2D eigenvalue weighted by Gasteiger charge is -2.09. The number of rotatable bonds is 2. The fourth-order valence-electron chi connectivity index (χ4n) is 2.69. The minimum absolute atomic E-state index is 0.228. The fraction of sp³-hybridized carbons (Fsp3) is 0.0556. The number of aromatic hydroxyl groups is 1. The maximum Gasteiger partial charge on any atom is 0.146 e. The van der Waals surface area contributed by atoms with E-state index in [1.165, 1.54) is 4.88 Å². The van der Waals surface area contributed by atoms with E-state index in [-0.39, 0.29) is 5.75 Å². The SMILES string of the molecule is Cc1cc2c(-c3ccccc3)n(-c3ccccc3O)nc2s1. The molecule has 4 rings (SSSR count). The van der Waals surface area contributed by atoms with E-state index in [4.69, 9.17) is 5.10 Å². The smallest absolute Gasteiger partial charge is 0.146 e. The first-order valence-electron chi connectivity index (χ1n) is 7.07. The summed E-state index contributed by atoms with van der Waals surface area (Å²) in [5.74, 6) is 0.228. The highest BCUT2D eigenvalue weighted by Gasteiger charge is 2.18. The molecule has 0 amide bonds. The van der Waals surface area contributed by atoms with Crippen LogP contribution in [0.4, 0.5) is 0 Å². The van der Waals surface area contributed by atoms with E-state index in [1.807, 2.05) is 41.1 Å². The van der Waals surface area contributed by atoms with Crippen molar-refractivity contribution < 1.29 is 5.11 Å². The molecule has 0 saturated carbocycles. The minimum Gasteiger partial charge on any atom is -0.506 e. The summed E-state index contributed by atoms with van der Waals surface area (Å²) in [4.78, 5) is 2.22. The summed E-state index contributed by atoms with van der Waals surface area (Å²) in [6.07, 6.45) is 0. The summed E-state index contributed by atoms with van der Waals surface area (Å²) >= 11 is 1.67. The zero-order valence-corrected chi connectivity index (χ0v) is 12.8. The molecule has 2 heterocycles. The highest BCUT2D eigenvalue weighted by molar-refractivity contribution is 7.18. The molecule has 2 aromatic carbocycles. The second-order valence-corrected chi connectivity index (χ2v) is 6.43. The number of phenolic OH excluding ortho intramolecular Hbond substituents is 1. The fourth-order valence-corrected chi connectivity index (χ4v) is 3.56. The Morgan fingerprint density at radius 1 is 1.00 bits per heavy atom. The van der Waals surface area contributed by atoms with Gasteiger partial charge in [-0.3, -0.25) is 0 Å². The Hall–Kier alpha value is -2.59. The molecule has 0 spiro atoms. The predicted octanol–water partition coefficient (Wildman–Crippen LogP) is 4.77. The van der Waals surface area contributed by atoms with Crippen molar-refractivity contribution in [1.82, 2.24) is 9.78 Å². The van der Waals surface area contributed by atoms with E-state index < -0.39 is 0 Å². The molecule has 0 saturated heterocycles. The first-order chi connectivity index (χ1) is 10.7. The zero-order chi connectivity index (χ0) is 15.1. The van der Waals surface area contributed by atoms with Crippen molar-refractivity contribution in [3.05, 3.63) is 65.5 Å². The van der Waals surface area contributed by atoms with Gasteiger partial charge in [-0.25, -0.2) is 4.68 Å². The Kier molecular flexibility index (Phi) is 2.98. The number of para-hydroxylation sites is 2. The largest absolute Gasteiger partial charge is 0.506 e. The normalized spacial score (nSPS) is 11.1. The van der Waals surface area contributed by atoms with Gasteiger partial charge in [0.05, 0.1) is 5.69 Å². The highest BCUT2D eigenvalue weighted by atomic mass is 32.1. The summed E-state index contributed by atoms with van der Waals surface area (Å²) < 4.78 is 1.84. The standard InChI is InChI=1S/C18H14N2OS/c1-12-11-14-17(13-7-3-2-4-8-13)20(19-18(14)22-12)15-9-5-6-10-16(15)21/h2-11,21H,1H3. The minimum atomic E-state index is 0.228. The molecule has 0 unspecified atom stereocenters. The number of fused-ring (bicyclic) bond motifs is 1. The van der Waals surface area contributed by atoms with Crippen LogP contribution in [0.1, 0.15) is 4.88 Å². The summed E-state index contributed by atoms with van der Waals surface area (Å²) in [5.41, 5.74) is 2.80. The van der Waals surface area contributed by atoms with Crippen LogP contribution in [0.3, 0.4) is 0 Å². The molecule has 3 nitrogen and oxygen atoms in total. The summed E-state index contributed by atoms with van der Waals surface area (Å²) in [6, 6.07) is 19.6. The third-order valence-corrected chi connectivity index (χ3v) is 4.59. The van der Waals surface area contributed by atoms with Crippen LogP contribution in [0, 0.1) is 6.92 Å². The van der Waals surface area contributed by atoms with Crippen LogP contribution >= 0.6 is 11.3 Å². The molecule has 0 aliphatic heterocycles. The number of benzene rings is 2. The number of nitrogens with zero attached hydrogens (tertiary/aromatic N) is 2. The third kappa shape index (κ3) is 2.00. The number of aromatic nitrogens is 2. The third-order valence-electron chi connectivity index (χ3n) is 3.65. The Bertz CT molecular complexity index is 954. The topological polar surface area (TPSA) is 38.0 Å². The van der Waals surface area contributed by atoms with Crippen LogP contribution in [0.25, 0.3) is 27.2 Å². The van der Waals surface area contributed by atoms with E-state index in [0.717, 1.165) is 21.5 Å². The molecule has 0 fully saturated rings. The van der Waals surface area contributed by atoms with Crippen LogP contribution in [-0.4, -0.2) is 14.9 Å².